The molecular weight excluding hydrogens is 246 g/mol. The second-order valence-electron chi connectivity index (χ2n) is 5.09. The van der Waals surface area contributed by atoms with Crippen molar-refractivity contribution in [3.05, 3.63) is 29.1 Å². The van der Waals surface area contributed by atoms with E-state index in [1.807, 2.05) is 6.08 Å². The molecule has 0 unspecified atom stereocenters. The first kappa shape index (κ1) is 15.0. The van der Waals surface area contributed by atoms with Crippen LogP contribution in [0.3, 0.4) is 0 Å². The maximum absolute atomic E-state index is 11.2. The van der Waals surface area contributed by atoms with E-state index in [0.717, 1.165) is 12.1 Å². The zero-order valence-electron chi connectivity index (χ0n) is 11.7. The summed E-state index contributed by atoms with van der Waals surface area (Å²) in [5, 5.41) is 0. The zero-order valence-corrected chi connectivity index (χ0v) is 12.4. The number of aryl methyl sites for hydroxylation is 1. The number of hydrogen-bond donors (Lipinski definition) is 0. The molecule has 0 fully saturated rings. The molecule has 0 spiro atoms. The second kappa shape index (κ2) is 6.79. The fourth-order valence-electron chi connectivity index (χ4n) is 1.96. The van der Waals surface area contributed by atoms with E-state index in [0.29, 0.717) is 5.92 Å². The van der Waals surface area contributed by atoms with Gasteiger partial charge in [0.2, 0.25) is 0 Å². The van der Waals surface area contributed by atoms with Crippen molar-refractivity contribution >= 4 is 23.5 Å². The molecule has 1 aromatic rings. The summed E-state index contributed by atoms with van der Waals surface area (Å²) < 4.78 is 2.31. The Morgan fingerprint density at radius 1 is 1.44 bits per heavy atom. The molecule has 1 heterocycles. The van der Waals surface area contributed by atoms with Gasteiger partial charge in [-0.1, -0.05) is 13.8 Å². The van der Waals surface area contributed by atoms with Crippen LogP contribution in [0.5, 0.6) is 0 Å². The van der Waals surface area contributed by atoms with E-state index in [1.54, 1.807) is 6.08 Å². The van der Waals surface area contributed by atoms with Crippen LogP contribution in [0.25, 0.3) is 6.08 Å². The highest BCUT2D eigenvalue weighted by molar-refractivity contribution is 6.29. The second-order valence-corrected chi connectivity index (χ2v) is 5.36. The third-order valence-corrected chi connectivity index (χ3v) is 3.39. The van der Waals surface area contributed by atoms with E-state index in [2.05, 4.69) is 38.3 Å². The minimum atomic E-state index is -0.0522. The van der Waals surface area contributed by atoms with Crippen LogP contribution < -0.4 is 0 Å². The van der Waals surface area contributed by atoms with Crippen molar-refractivity contribution in [3.63, 3.8) is 0 Å². The van der Waals surface area contributed by atoms with Gasteiger partial charge in [0.25, 0.3) is 0 Å². The first-order chi connectivity index (χ1) is 8.45. The summed E-state index contributed by atoms with van der Waals surface area (Å²) >= 11 is 5.47. The van der Waals surface area contributed by atoms with E-state index in [4.69, 9.17) is 11.6 Å². The Morgan fingerprint density at radius 2 is 2.11 bits per heavy atom. The summed E-state index contributed by atoms with van der Waals surface area (Å²) in [6, 6.07) is 2.12. The summed E-state index contributed by atoms with van der Waals surface area (Å²) in [7, 11) is 0. The molecule has 0 bridgehead atoms. The molecule has 0 radical (unpaired) electrons. The van der Waals surface area contributed by atoms with Gasteiger partial charge in [0.15, 0.2) is 5.78 Å². The number of hydrogen-bond acceptors (Lipinski definition) is 1. The van der Waals surface area contributed by atoms with Crippen molar-refractivity contribution < 1.29 is 4.79 Å². The monoisotopic (exact) mass is 267 g/mol. The molecule has 100 valence electrons. The molecule has 0 saturated carbocycles. The number of aromatic nitrogens is 1. The first-order valence-electron chi connectivity index (χ1n) is 6.39. The minimum Gasteiger partial charge on any atom is -0.349 e. The van der Waals surface area contributed by atoms with Crippen LogP contribution in [-0.2, 0) is 11.3 Å². The van der Waals surface area contributed by atoms with Crippen molar-refractivity contribution in [3.8, 4) is 0 Å². The Balaban J connectivity index is 2.86. The lowest BCUT2D eigenvalue weighted by Gasteiger charge is -2.11. The lowest BCUT2D eigenvalue weighted by Crippen LogP contribution is -2.05. The first-order valence-corrected chi connectivity index (χ1v) is 6.92. The van der Waals surface area contributed by atoms with Gasteiger partial charge < -0.3 is 4.57 Å². The van der Waals surface area contributed by atoms with Gasteiger partial charge in [-0.25, -0.2) is 0 Å². The molecule has 0 N–H and O–H groups in total. The van der Waals surface area contributed by atoms with Crippen LogP contribution in [0.1, 0.15) is 37.2 Å². The van der Waals surface area contributed by atoms with Gasteiger partial charge in [-0.15, -0.1) is 11.6 Å². The quantitative estimate of drug-likeness (QED) is 0.565. The van der Waals surface area contributed by atoms with E-state index in [1.165, 1.54) is 17.8 Å². The summed E-state index contributed by atoms with van der Waals surface area (Å²) in [6.07, 6.45) is 4.58. The maximum Gasteiger partial charge on any atom is 0.170 e. The molecule has 0 saturated heterocycles. The van der Waals surface area contributed by atoms with Crippen molar-refractivity contribution in [2.24, 2.45) is 5.92 Å². The molecule has 0 aliphatic heterocycles. The predicted molar refractivity (Wildman–Crippen MR) is 78.1 cm³/mol. The summed E-state index contributed by atoms with van der Waals surface area (Å²) in [4.78, 5) is 11.2. The third-order valence-electron chi connectivity index (χ3n) is 3.12. The topological polar surface area (TPSA) is 22.0 Å². The molecule has 0 aliphatic rings. The average Bonchev–Trinajstić information content (AvgIpc) is 2.59. The normalized spacial score (nSPS) is 11.7. The Kier molecular flexibility index (Phi) is 5.67. The Bertz CT molecular complexity index is 444. The zero-order chi connectivity index (χ0) is 13.7. The Morgan fingerprint density at radius 3 is 2.67 bits per heavy atom. The number of carbonyl (C=O) groups is 1. The Hall–Kier alpha value is -1.02. The molecule has 1 aromatic heterocycles. The largest absolute Gasteiger partial charge is 0.349 e. The molecule has 0 aliphatic carbocycles. The molecule has 3 heteroatoms. The number of nitrogens with zero attached hydrogens (tertiary/aromatic N) is 1. The number of ketones is 1. The van der Waals surface area contributed by atoms with E-state index < -0.39 is 0 Å². The lowest BCUT2D eigenvalue weighted by molar-refractivity contribution is -0.112. The van der Waals surface area contributed by atoms with Crippen LogP contribution >= 0.6 is 11.6 Å². The molecule has 2 nitrogen and oxygen atoms in total. The molecule has 0 amide bonds. The van der Waals surface area contributed by atoms with Gasteiger partial charge in [-0.3, -0.25) is 4.79 Å². The minimum absolute atomic E-state index is 0.0442. The SMILES string of the molecule is Cc1cc(/C=C/C(=O)CCl)c(C)n1CCC(C)C. The highest BCUT2D eigenvalue weighted by Gasteiger charge is 2.07. The predicted octanol–water partition coefficient (Wildman–Crippen LogP) is 3.97. The molecular formula is C15H22ClNO. The van der Waals surface area contributed by atoms with Crippen LogP contribution in [0, 0.1) is 19.8 Å². The van der Waals surface area contributed by atoms with Crippen LogP contribution in [0.15, 0.2) is 12.1 Å². The fraction of sp³-hybridized carbons (Fsp3) is 0.533. The number of halogens is 1. The van der Waals surface area contributed by atoms with Crippen molar-refractivity contribution in [2.75, 3.05) is 5.88 Å². The molecule has 0 aromatic carbocycles. The van der Waals surface area contributed by atoms with Gasteiger partial charge >= 0.3 is 0 Å². The van der Waals surface area contributed by atoms with E-state index in [-0.39, 0.29) is 11.7 Å². The molecule has 1 rings (SSSR count). The van der Waals surface area contributed by atoms with E-state index in [9.17, 15) is 4.79 Å². The average molecular weight is 268 g/mol. The van der Waals surface area contributed by atoms with Crippen molar-refractivity contribution in [1.29, 1.82) is 0 Å². The smallest absolute Gasteiger partial charge is 0.170 e. The number of allylic oxidation sites excluding steroid dienone is 1. The maximum atomic E-state index is 11.2. The summed E-state index contributed by atoms with van der Waals surface area (Å²) in [6.45, 7) is 9.70. The van der Waals surface area contributed by atoms with Crippen LogP contribution in [-0.4, -0.2) is 16.2 Å². The van der Waals surface area contributed by atoms with Gasteiger partial charge in [-0.05, 0) is 50.0 Å². The number of rotatable bonds is 6. The van der Waals surface area contributed by atoms with Gasteiger partial charge in [-0.2, -0.15) is 0 Å². The number of alkyl halides is 1. The van der Waals surface area contributed by atoms with Crippen molar-refractivity contribution in [2.45, 2.75) is 40.7 Å². The molecule has 18 heavy (non-hydrogen) atoms. The van der Waals surface area contributed by atoms with Crippen LogP contribution in [0.2, 0.25) is 0 Å². The van der Waals surface area contributed by atoms with Crippen LogP contribution in [0.4, 0.5) is 0 Å². The van der Waals surface area contributed by atoms with Gasteiger partial charge in [0, 0.05) is 17.9 Å². The standard InChI is InChI=1S/C15H22ClNO/c1-11(2)7-8-17-12(3)9-14(13(17)4)5-6-15(18)10-16/h5-6,9,11H,7-8,10H2,1-4H3/b6-5+. The highest BCUT2D eigenvalue weighted by atomic mass is 35.5. The number of carbonyl (C=O) groups excluding carboxylic acids is 1. The van der Waals surface area contributed by atoms with Crippen molar-refractivity contribution in [1.82, 2.24) is 4.57 Å². The lowest BCUT2D eigenvalue weighted by atomic mass is 10.1. The van der Waals surface area contributed by atoms with Gasteiger partial charge in [0.1, 0.15) is 0 Å². The molecule has 0 atom stereocenters. The summed E-state index contributed by atoms with van der Waals surface area (Å²) in [5.41, 5.74) is 3.56. The summed E-state index contributed by atoms with van der Waals surface area (Å²) in [5.74, 6) is 0.689. The fourth-order valence-corrected chi connectivity index (χ4v) is 2.04. The van der Waals surface area contributed by atoms with E-state index >= 15 is 0 Å². The Labute approximate surface area is 115 Å². The highest BCUT2D eigenvalue weighted by Crippen LogP contribution is 2.18. The van der Waals surface area contributed by atoms with Gasteiger partial charge in [0.05, 0.1) is 5.88 Å². The third kappa shape index (κ3) is 4.02.